The maximum atomic E-state index is 12.6. The minimum absolute atomic E-state index is 0.0242. The Morgan fingerprint density at radius 1 is 0.974 bits per heavy atom. The molecule has 0 aromatic carbocycles. The summed E-state index contributed by atoms with van der Waals surface area (Å²) in [5.74, 6) is -1.77. The summed E-state index contributed by atoms with van der Waals surface area (Å²) in [7, 11) is 0. The van der Waals surface area contributed by atoms with E-state index in [4.69, 9.17) is 18.9 Å². The smallest absolute Gasteiger partial charge is 0.306 e. The number of nitrogens with zero attached hydrogens (tertiary/aromatic N) is 3. The summed E-state index contributed by atoms with van der Waals surface area (Å²) in [5.41, 5.74) is -0.485. The van der Waals surface area contributed by atoms with Crippen LogP contribution in [0.1, 0.15) is 66.7 Å². The molecule has 0 aliphatic rings. The first-order valence-electron chi connectivity index (χ1n) is 12.6. The lowest BCUT2D eigenvalue weighted by Crippen LogP contribution is -2.38. The van der Waals surface area contributed by atoms with Crippen LogP contribution in [0, 0.1) is 0 Å². The number of carbonyl (C=O) groups is 4. The van der Waals surface area contributed by atoms with Crippen molar-refractivity contribution in [2.75, 3.05) is 25.0 Å². The molecule has 39 heavy (non-hydrogen) atoms. The molecular formula is C24H36N6O9. The number of hydrogen-bond acceptors (Lipinski definition) is 12. The van der Waals surface area contributed by atoms with Crippen LogP contribution in [-0.4, -0.2) is 75.2 Å². The molecule has 216 valence electrons. The number of H-pyrrole nitrogens is 1. The van der Waals surface area contributed by atoms with Crippen LogP contribution < -0.4 is 16.2 Å². The molecule has 3 N–H and O–H groups in total. The number of rotatable bonds is 16. The number of ether oxygens (including phenoxy) is 4. The third kappa shape index (κ3) is 10.7. The van der Waals surface area contributed by atoms with Crippen molar-refractivity contribution >= 4 is 40.9 Å². The first kappa shape index (κ1) is 31.2. The molecule has 0 spiro atoms. The quantitative estimate of drug-likeness (QED) is 0.117. The maximum Gasteiger partial charge on any atom is 0.306 e. The second kappa shape index (κ2) is 15.4. The number of anilines is 1. The number of aromatic amines is 1. The zero-order valence-electron chi connectivity index (χ0n) is 22.8. The van der Waals surface area contributed by atoms with E-state index < -0.39 is 42.1 Å². The molecule has 2 heterocycles. The van der Waals surface area contributed by atoms with Crippen molar-refractivity contribution in [1.82, 2.24) is 24.8 Å². The third-order valence-corrected chi connectivity index (χ3v) is 5.31. The van der Waals surface area contributed by atoms with Crippen LogP contribution in [0.4, 0.5) is 5.95 Å². The van der Waals surface area contributed by atoms with Gasteiger partial charge in [0, 0.05) is 40.8 Å². The molecule has 0 saturated heterocycles. The van der Waals surface area contributed by atoms with Gasteiger partial charge in [-0.3, -0.25) is 33.5 Å². The number of hydrogen-bond donors (Lipinski definition) is 3. The monoisotopic (exact) mass is 552 g/mol. The summed E-state index contributed by atoms with van der Waals surface area (Å²) >= 11 is 0. The average molecular weight is 553 g/mol. The molecule has 15 heteroatoms. The second-order valence-corrected chi connectivity index (χ2v) is 8.77. The van der Waals surface area contributed by atoms with E-state index >= 15 is 0 Å². The molecule has 0 unspecified atom stereocenters. The highest BCUT2D eigenvalue weighted by Gasteiger charge is 2.30. The Kier molecular flexibility index (Phi) is 12.3. The Balaban J connectivity index is 2.19. The predicted octanol–water partition coefficient (Wildman–Crippen LogP) is 1.15. The molecule has 2 aromatic heterocycles. The molecule has 0 saturated carbocycles. The molecular weight excluding hydrogens is 516 g/mol. The lowest BCUT2D eigenvalue weighted by atomic mass is 10.2. The molecule has 0 fully saturated rings. The molecule has 15 nitrogen and oxygen atoms in total. The van der Waals surface area contributed by atoms with Gasteiger partial charge in [0.1, 0.15) is 25.1 Å². The highest BCUT2D eigenvalue weighted by atomic mass is 16.7. The zero-order chi connectivity index (χ0) is 28.9. The SMILES string of the molecule is CC(=O)NCCCCCCNc1nc2c(ncn2[C@@H](OC(C)=O)O[C@H](COC(C)=O)[C@@H](C)OC(C)=O)c(=O)[nH]1. The van der Waals surface area contributed by atoms with Crippen LogP contribution in [0.25, 0.3) is 11.2 Å². The van der Waals surface area contributed by atoms with Crippen molar-refractivity contribution in [2.45, 2.75) is 78.9 Å². The second-order valence-electron chi connectivity index (χ2n) is 8.77. The van der Waals surface area contributed by atoms with Crippen LogP contribution in [-0.2, 0) is 38.1 Å². The fourth-order valence-corrected chi connectivity index (χ4v) is 3.50. The van der Waals surface area contributed by atoms with Gasteiger partial charge in [0.05, 0.1) is 0 Å². The number of aromatic nitrogens is 4. The lowest BCUT2D eigenvalue weighted by Gasteiger charge is -2.28. The van der Waals surface area contributed by atoms with Crippen molar-refractivity contribution in [1.29, 1.82) is 0 Å². The lowest BCUT2D eigenvalue weighted by molar-refractivity contribution is -0.236. The van der Waals surface area contributed by atoms with Crippen LogP contribution in [0.5, 0.6) is 0 Å². The van der Waals surface area contributed by atoms with E-state index in [1.54, 1.807) is 0 Å². The largest absolute Gasteiger partial charge is 0.463 e. The number of imidazole rings is 1. The summed E-state index contributed by atoms with van der Waals surface area (Å²) in [6.45, 7) is 7.43. The summed E-state index contributed by atoms with van der Waals surface area (Å²) in [6, 6.07) is 0. The average Bonchev–Trinajstić information content (AvgIpc) is 3.26. The predicted molar refractivity (Wildman–Crippen MR) is 137 cm³/mol. The minimum atomic E-state index is -1.48. The first-order valence-corrected chi connectivity index (χ1v) is 12.6. The molecule has 0 aliphatic carbocycles. The summed E-state index contributed by atoms with van der Waals surface area (Å²) in [4.78, 5) is 69.4. The van der Waals surface area contributed by atoms with E-state index in [1.807, 2.05) is 0 Å². The highest BCUT2D eigenvalue weighted by molar-refractivity contribution is 5.72. The van der Waals surface area contributed by atoms with Gasteiger partial charge in [0.15, 0.2) is 11.2 Å². The van der Waals surface area contributed by atoms with Crippen LogP contribution in [0.2, 0.25) is 0 Å². The zero-order valence-corrected chi connectivity index (χ0v) is 22.8. The van der Waals surface area contributed by atoms with Crippen molar-refractivity contribution in [3.63, 3.8) is 0 Å². The number of carbonyl (C=O) groups excluding carboxylic acids is 4. The Morgan fingerprint density at radius 2 is 1.64 bits per heavy atom. The van der Waals surface area contributed by atoms with E-state index in [0.29, 0.717) is 13.1 Å². The van der Waals surface area contributed by atoms with E-state index in [1.165, 1.54) is 38.6 Å². The standard InChI is InChI=1S/C24H36N6O9/c1-14(37-17(4)33)19(12-36-16(3)32)39-24(38-18(5)34)30-13-27-20-21(30)28-23(29-22(20)35)26-11-9-7-6-8-10-25-15(2)31/h13-14,19,24H,6-12H2,1-5H3,(H,25,31)(H2,26,28,29,35)/t14-,19-,24+/m1/s1. The maximum absolute atomic E-state index is 12.6. The Bertz CT molecular complexity index is 1190. The Morgan fingerprint density at radius 3 is 2.26 bits per heavy atom. The number of amides is 1. The Hall–Kier alpha value is -4.01. The molecule has 2 aromatic rings. The van der Waals surface area contributed by atoms with Gasteiger partial charge in [-0.25, -0.2) is 4.98 Å². The van der Waals surface area contributed by atoms with Gasteiger partial charge in [-0.2, -0.15) is 4.98 Å². The van der Waals surface area contributed by atoms with Crippen LogP contribution in [0.15, 0.2) is 11.1 Å². The summed E-state index contributed by atoms with van der Waals surface area (Å²) in [5, 5.41) is 5.80. The molecule has 2 rings (SSSR count). The van der Waals surface area contributed by atoms with Crippen molar-refractivity contribution in [2.24, 2.45) is 0 Å². The molecule has 0 radical (unpaired) electrons. The van der Waals surface area contributed by atoms with Gasteiger partial charge in [-0.05, 0) is 19.8 Å². The van der Waals surface area contributed by atoms with E-state index in [9.17, 15) is 24.0 Å². The van der Waals surface area contributed by atoms with E-state index in [2.05, 4.69) is 25.6 Å². The van der Waals surface area contributed by atoms with Crippen molar-refractivity contribution in [3.05, 3.63) is 16.7 Å². The molecule has 3 atom stereocenters. The van der Waals surface area contributed by atoms with Crippen LogP contribution >= 0.6 is 0 Å². The van der Waals surface area contributed by atoms with Gasteiger partial charge in [-0.1, -0.05) is 12.8 Å². The Labute approximate surface area is 224 Å². The summed E-state index contributed by atoms with van der Waals surface area (Å²) in [6.07, 6.45) is 1.32. The number of fused-ring (bicyclic) bond motifs is 1. The number of unbranched alkanes of at least 4 members (excludes halogenated alkanes) is 3. The topological polar surface area (TPSA) is 193 Å². The minimum Gasteiger partial charge on any atom is -0.463 e. The van der Waals surface area contributed by atoms with Gasteiger partial charge >= 0.3 is 17.9 Å². The third-order valence-electron chi connectivity index (χ3n) is 5.31. The van der Waals surface area contributed by atoms with Crippen LogP contribution in [0.3, 0.4) is 0 Å². The van der Waals surface area contributed by atoms with Gasteiger partial charge in [0.2, 0.25) is 11.9 Å². The first-order chi connectivity index (χ1) is 18.5. The summed E-state index contributed by atoms with van der Waals surface area (Å²) < 4.78 is 22.6. The molecule has 0 bridgehead atoms. The van der Waals surface area contributed by atoms with Gasteiger partial charge in [0.25, 0.3) is 12.0 Å². The number of nitrogens with one attached hydrogen (secondary N) is 3. The van der Waals surface area contributed by atoms with Crippen molar-refractivity contribution in [3.8, 4) is 0 Å². The highest BCUT2D eigenvalue weighted by Crippen LogP contribution is 2.21. The van der Waals surface area contributed by atoms with Gasteiger partial charge < -0.3 is 29.6 Å². The molecule has 0 aliphatic heterocycles. The van der Waals surface area contributed by atoms with E-state index in [-0.39, 0.29) is 29.6 Å². The fourth-order valence-electron chi connectivity index (χ4n) is 3.50. The molecule has 1 amide bonds. The van der Waals surface area contributed by atoms with E-state index in [0.717, 1.165) is 32.6 Å². The van der Waals surface area contributed by atoms with Crippen molar-refractivity contribution < 1.29 is 38.1 Å². The van der Waals surface area contributed by atoms with Gasteiger partial charge in [-0.15, -0.1) is 0 Å². The number of esters is 3. The normalized spacial score (nSPS) is 13.3. The fraction of sp³-hybridized carbons (Fsp3) is 0.625.